The Bertz CT molecular complexity index is 684. The van der Waals surface area contributed by atoms with Gasteiger partial charge in [0.15, 0.2) is 9.84 Å². The molecule has 18 heavy (non-hydrogen) atoms. The van der Waals surface area contributed by atoms with Crippen molar-refractivity contribution in [2.75, 3.05) is 6.26 Å². The molecule has 0 saturated carbocycles. The third-order valence-corrected chi connectivity index (χ3v) is 4.84. The van der Waals surface area contributed by atoms with Crippen LogP contribution in [0.1, 0.15) is 15.2 Å². The average molecular weight is 301 g/mol. The number of halogens is 1. The van der Waals surface area contributed by atoms with E-state index in [0.29, 0.717) is 15.5 Å². The molecule has 0 amide bonds. The molecule has 0 aliphatic heterocycles. The van der Waals surface area contributed by atoms with Crippen molar-refractivity contribution >= 4 is 38.6 Å². The summed E-state index contributed by atoms with van der Waals surface area (Å²) in [5, 5.41) is 2.15. The number of carbonyl (C=O) groups excluding carboxylic acids is 1. The molecule has 2 aromatic rings. The van der Waals surface area contributed by atoms with Crippen LogP contribution >= 0.6 is 22.9 Å². The number of ketones is 1. The van der Waals surface area contributed by atoms with Gasteiger partial charge in [-0.15, -0.1) is 11.3 Å². The minimum Gasteiger partial charge on any atom is -0.288 e. The van der Waals surface area contributed by atoms with Crippen LogP contribution in [0, 0.1) is 0 Å². The molecule has 3 nitrogen and oxygen atoms in total. The minimum absolute atomic E-state index is 0.191. The molecule has 0 atom stereocenters. The molecule has 1 aromatic carbocycles. The molecule has 0 spiro atoms. The Morgan fingerprint density at radius 3 is 2.22 bits per heavy atom. The molecular formula is C12H9ClO3S2. The van der Waals surface area contributed by atoms with Crippen LogP contribution < -0.4 is 0 Å². The van der Waals surface area contributed by atoms with E-state index < -0.39 is 9.84 Å². The Labute approximate surface area is 114 Å². The van der Waals surface area contributed by atoms with Crippen molar-refractivity contribution in [1.29, 1.82) is 0 Å². The van der Waals surface area contributed by atoms with Gasteiger partial charge in [0.2, 0.25) is 5.78 Å². The molecule has 1 heterocycles. The first-order valence-corrected chi connectivity index (χ1v) is 8.12. The highest BCUT2D eigenvalue weighted by Gasteiger charge is 2.15. The van der Waals surface area contributed by atoms with Crippen LogP contribution in [0.25, 0.3) is 0 Å². The van der Waals surface area contributed by atoms with Crippen LogP contribution in [0.3, 0.4) is 0 Å². The van der Waals surface area contributed by atoms with Crippen LogP contribution in [-0.2, 0) is 9.84 Å². The lowest BCUT2D eigenvalue weighted by Crippen LogP contribution is -2.01. The predicted molar refractivity (Wildman–Crippen MR) is 72.3 cm³/mol. The molecule has 0 aliphatic rings. The van der Waals surface area contributed by atoms with Gasteiger partial charge in [0, 0.05) is 11.8 Å². The molecule has 0 unspecified atom stereocenters. The highest BCUT2D eigenvalue weighted by atomic mass is 35.5. The van der Waals surface area contributed by atoms with E-state index in [-0.39, 0.29) is 10.7 Å². The molecule has 2 rings (SSSR count). The highest BCUT2D eigenvalue weighted by Crippen LogP contribution is 2.25. The number of benzene rings is 1. The second-order valence-corrected chi connectivity index (χ2v) is 7.06. The van der Waals surface area contributed by atoms with E-state index in [9.17, 15) is 13.2 Å². The molecule has 0 N–H and O–H groups in total. The summed E-state index contributed by atoms with van der Waals surface area (Å²) in [6.07, 6.45) is 1.12. The third-order valence-electron chi connectivity index (χ3n) is 2.37. The van der Waals surface area contributed by atoms with Gasteiger partial charge >= 0.3 is 0 Å². The summed E-state index contributed by atoms with van der Waals surface area (Å²) >= 11 is 7.14. The lowest BCUT2D eigenvalue weighted by molar-refractivity contribution is 0.104. The molecule has 6 heteroatoms. The third kappa shape index (κ3) is 2.63. The summed E-state index contributed by atoms with van der Waals surface area (Å²) < 4.78 is 22.6. The molecule has 0 aliphatic carbocycles. The Hall–Kier alpha value is -1.17. The van der Waals surface area contributed by atoms with Crippen molar-refractivity contribution in [3.05, 3.63) is 51.2 Å². The molecule has 0 fully saturated rings. The SMILES string of the molecule is CS(=O)(=O)c1ccc(C(=O)c2sccc2Cl)cc1. The van der Waals surface area contributed by atoms with Crippen molar-refractivity contribution in [3.63, 3.8) is 0 Å². The van der Waals surface area contributed by atoms with Crippen LogP contribution in [0.15, 0.2) is 40.6 Å². The van der Waals surface area contributed by atoms with Crippen LogP contribution in [-0.4, -0.2) is 20.5 Å². The van der Waals surface area contributed by atoms with Gasteiger partial charge < -0.3 is 0 Å². The zero-order chi connectivity index (χ0) is 13.3. The summed E-state index contributed by atoms with van der Waals surface area (Å²) in [5.74, 6) is -0.199. The minimum atomic E-state index is -3.24. The summed E-state index contributed by atoms with van der Waals surface area (Å²) in [6.45, 7) is 0. The van der Waals surface area contributed by atoms with Gasteiger partial charge in [-0.3, -0.25) is 4.79 Å². The first-order chi connectivity index (χ1) is 8.39. The quantitative estimate of drug-likeness (QED) is 0.819. The van der Waals surface area contributed by atoms with Gasteiger partial charge in [-0.1, -0.05) is 11.6 Å². The Kier molecular flexibility index (Phi) is 3.56. The summed E-state index contributed by atoms with van der Waals surface area (Å²) in [6, 6.07) is 7.49. The van der Waals surface area contributed by atoms with Crippen LogP contribution in [0.4, 0.5) is 0 Å². The second kappa shape index (κ2) is 4.84. The van der Waals surface area contributed by atoms with Gasteiger partial charge in [-0.25, -0.2) is 8.42 Å². The topological polar surface area (TPSA) is 51.2 Å². The largest absolute Gasteiger partial charge is 0.288 e. The molecular weight excluding hydrogens is 292 g/mol. The van der Waals surface area contributed by atoms with Crippen LogP contribution in [0.5, 0.6) is 0 Å². The fourth-order valence-electron chi connectivity index (χ4n) is 1.44. The lowest BCUT2D eigenvalue weighted by Gasteiger charge is -2.01. The van der Waals surface area contributed by atoms with Crippen molar-refractivity contribution in [2.45, 2.75) is 4.90 Å². The van der Waals surface area contributed by atoms with E-state index in [2.05, 4.69) is 0 Å². The van der Waals surface area contributed by atoms with E-state index in [4.69, 9.17) is 11.6 Å². The summed E-state index contributed by atoms with van der Waals surface area (Å²) in [5.41, 5.74) is 0.423. The predicted octanol–water partition coefficient (Wildman–Crippen LogP) is 3.04. The number of hydrogen-bond acceptors (Lipinski definition) is 4. The fraction of sp³-hybridized carbons (Fsp3) is 0.0833. The standard InChI is InChI=1S/C12H9ClO3S2/c1-18(15,16)9-4-2-8(3-5-9)11(14)12-10(13)6-7-17-12/h2-7H,1H3. The number of carbonyl (C=O) groups is 1. The zero-order valence-corrected chi connectivity index (χ0v) is 11.8. The lowest BCUT2D eigenvalue weighted by atomic mass is 10.1. The van der Waals surface area contributed by atoms with E-state index in [1.165, 1.54) is 35.6 Å². The Morgan fingerprint density at radius 2 is 1.78 bits per heavy atom. The van der Waals surface area contributed by atoms with Crippen molar-refractivity contribution in [2.24, 2.45) is 0 Å². The smallest absolute Gasteiger partial charge is 0.204 e. The van der Waals surface area contributed by atoms with Crippen LogP contribution in [0.2, 0.25) is 5.02 Å². The van der Waals surface area contributed by atoms with Crippen molar-refractivity contribution in [3.8, 4) is 0 Å². The monoisotopic (exact) mass is 300 g/mol. The van der Waals surface area contributed by atoms with Crippen molar-refractivity contribution < 1.29 is 13.2 Å². The van der Waals surface area contributed by atoms with Crippen molar-refractivity contribution in [1.82, 2.24) is 0 Å². The fourth-order valence-corrected chi connectivity index (χ4v) is 3.17. The van der Waals surface area contributed by atoms with Gasteiger partial charge in [0.25, 0.3) is 0 Å². The zero-order valence-electron chi connectivity index (χ0n) is 9.38. The first-order valence-electron chi connectivity index (χ1n) is 4.97. The van der Waals surface area contributed by atoms with E-state index >= 15 is 0 Å². The van der Waals surface area contributed by atoms with Gasteiger partial charge in [-0.2, -0.15) is 0 Å². The number of thiophene rings is 1. The molecule has 0 bridgehead atoms. The second-order valence-electron chi connectivity index (χ2n) is 3.72. The maximum Gasteiger partial charge on any atom is 0.204 e. The van der Waals surface area contributed by atoms with E-state index in [1.807, 2.05) is 0 Å². The maximum absolute atomic E-state index is 12.1. The number of sulfone groups is 1. The van der Waals surface area contributed by atoms with Gasteiger partial charge in [0.1, 0.15) is 0 Å². The molecule has 1 aromatic heterocycles. The van der Waals surface area contributed by atoms with E-state index in [1.54, 1.807) is 11.4 Å². The summed E-state index contributed by atoms with van der Waals surface area (Å²) in [4.78, 5) is 12.7. The normalized spacial score (nSPS) is 11.4. The average Bonchev–Trinajstić information content (AvgIpc) is 2.73. The van der Waals surface area contributed by atoms with Gasteiger partial charge in [-0.05, 0) is 35.7 Å². The Balaban J connectivity index is 2.37. The molecule has 0 saturated heterocycles. The Morgan fingerprint density at radius 1 is 1.17 bits per heavy atom. The molecule has 94 valence electrons. The summed E-state index contributed by atoms with van der Waals surface area (Å²) in [7, 11) is -3.24. The number of rotatable bonds is 3. The maximum atomic E-state index is 12.1. The first kappa shape index (κ1) is 13.3. The highest BCUT2D eigenvalue weighted by molar-refractivity contribution is 7.90. The van der Waals surface area contributed by atoms with E-state index in [0.717, 1.165) is 6.26 Å². The molecule has 0 radical (unpaired) electrons. The van der Waals surface area contributed by atoms with Gasteiger partial charge in [0.05, 0.1) is 14.8 Å². The number of hydrogen-bond donors (Lipinski definition) is 0.